The zero-order valence-corrected chi connectivity index (χ0v) is 24.6. The molecule has 2 unspecified atom stereocenters. The third-order valence-electron chi connectivity index (χ3n) is 9.00. The van der Waals surface area contributed by atoms with E-state index < -0.39 is 29.0 Å². The first kappa shape index (κ1) is 29.1. The van der Waals surface area contributed by atoms with Gasteiger partial charge in [-0.3, -0.25) is 24.5 Å². The molecule has 2 bridgehead atoms. The van der Waals surface area contributed by atoms with Crippen molar-refractivity contribution >= 4 is 35.2 Å². The van der Waals surface area contributed by atoms with Crippen LogP contribution < -0.4 is 5.56 Å². The Morgan fingerprint density at radius 1 is 1.14 bits per heavy atom. The Kier molecular flexibility index (Phi) is 7.63. The molecule has 6 rings (SSSR count). The number of aliphatic hydroxyl groups excluding tert-OH is 1. The van der Waals surface area contributed by atoms with Gasteiger partial charge in [0.1, 0.15) is 12.3 Å². The molecule has 226 valence electrons. The molecule has 1 N–H and O–H groups in total. The number of amides is 2. The Labute approximate surface area is 251 Å². The highest BCUT2D eigenvalue weighted by Crippen LogP contribution is 2.51. The predicted molar refractivity (Wildman–Crippen MR) is 155 cm³/mol. The fraction of sp³-hybridized carbons (Fsp3) is 0.467. The Bertz CT molecular complexity index is 1590. The molecule has 13 heteroatoms. The molecule has 1 aromatic carbocycles. The first-order valence-electron chi connectivity index (χ1n) is 14.3. The molecule has 1 aromatic heterocycles. The summed E-state index contributed by atoms with van der Waals surface area (Å²) in [4.78, 5) is 66.5. The SMILES string of the molecule is C[C@@H](O)[C@H]1C(=O)N2C(C(=O)OCc3ccc([N+](=O)[O-])cc3)=C(SCC(=O)N3CC4CC(C3)c3cccc(=O)n3C4)[C@H](C)[C@H]12. The maximum Gasteiger partial charge on any atom is 0.356 e. The lowest BCUT2D eigenvalue weighted by atomic mass is 9.79. The van der Waals surface area contributed by atoms with Crippen LogP contribution in [-0.4, -0.2) is 73.2 Å². The Balaban J connectivity index is 1.18. The highest BCUT2D eigenvalue weighted by Gasteiger charge is 2.60. The minimum atomic E-state index is -0.900. The number of benzene rings is 1. The minimum absolute atomic E-state index is 0.0210. The van der Waals surface area contributed by atoms with Crippen molar-refractivity contribution in [3.05, 3.63) is 84.8 Å². The van der Waals surface area contributed by atoms with Crippen molar-refractivity contribution in [3.63, 3.8) is 0 Å². The van der Waals surface area contributed by atoms with Gasteiger partial charge in [0.2, 0.25) is 11.8 Å². The summed E-state index contributed by atoms with van der Waals surface area (Å²) in [5, 5.41) is 21.2. The van der Waals surface area contributed by atoms with E-state index in [-0.39, 0.29) is 58.9 Å². The molecule has 12 nitrogen and oxygen atoms in total. The highest BCUT2D eigenvalue weighted by molar-refractivity contribution is 8.03. The molecule has 4 aliphatic rings. The highest BCUT2D eigenvalue weighted by atomic mass is 32.2. The molecular weight excluding hydrogens is 576 g/mol. The quantitative estimate of drug-likeness (QED) is 0.206. The van der Waals surface area contributed by atoms with Crippen LogP contribution in [0.15, 0.2) is 57.9 Å². The van der Waals surface area contributed by atoms with Crippen molar-refractivity contribution < 1.29 is 29.2 Å². The minimum Gasteiger partial charge on any atom is -0.456 e. The summed E-state index contributed by atoms with van der Waals surface area (Å²) in [5.41, 5.74) is 1.48. The van der Waals surface area contributed by atoms with Gasteiger partial charge >= 0.3 is 5.97 Å². The number of rotatable bonds is 8. The van der Waals surface area contributed by atoms with Crippen LogP contribution in [0.5, 0.6) is 0 Å². The summed E-state index contributed by atoms with van der Waals surface area (Å²) >= 11 is 1.22. The summed E-state index contributed by atoms with van der Waals surface area (Å²) in [7, 11) is 0. The van der Waals surface area contributed by atoms with Gasteiger partial charge < -0.3 is 24.2 Å². The lowest BCUT2D eigenvalue weighted by molar-refractivity contribution is -0.384. The number of β-lactam (4-membered cyclic amide) rings is 1. The van der Waals surface area contributed by atoms with Crippen LogP contribution in [-0.2, 0) is 32.3 Å². The number of piperidine rings is 1. The number of non-ortho nitro benzene ring substituents is 1. The second-order valence-electron chi connectivity index (χ2n) is 11.8. The van der Waals surface area contributed by atoms with Gasteiger partial charge in [-0.2, -0.15) is 0 Å². The van der Waals surface area contributed by atoms with Crippen LogP contribution >= 0.6 is 11.8 Å². The van der Waals surface area contributed by atoms with Gasteiger partial charge in [0, 0.05) is 60.3 Å². The molecule has 2 saturated heterocycles. The molecule has 0 spiro atoms. The number of nitrogens with zero attached hydrogens (tertiary/aromatic N) is 4. The number of thioether (sulfide) groups is 1. The first-order chi connectivity index (χ1) is 20.5. The monoisotopic (exact) mass is 608 g/mol. The maximum atomic E-state index is 13.5. The van der Waals surface area contributed by atoms with E-state index in [2.05, 4.69) is 0 Å². The molecule has 43 heavy (non-hydrogen) atoms. The molecular formula is C30H32N4O8S. The van der Waals surface area contributed by atoms with Gasteiger partial charge in [-0.05, 0) is 43.0 Å². The van der Waals surface area contributed by atoms with E-state index in [1.165, 1.54) is 40.9 Å². The molecule has 0 saturated carbocycles. The van der Waals surface area contributed by atoms with Crippen molar-refractivity contribution in [1.82, 2.24) is 14.4 Å². The molecule has 6 atom stereocenters. The van der Waals surface area contributed by atoms with E-state index in [0.717, 1.165) is 12.1 Å². The molecule has 4 aliphatic heterocycles. The number of hydrogen-bond donors (Lipinski definition) is 1. The van der Waals surface area contributed by atoms with Gasteiger partial charge in [-0.25, -0.2) is 4.79 Å². The number of carbonyl (C=O) groups is 3. The maximum absolute atomic E-state index is 13.5. The van der Waals surface area contributed by atoms with E-state index in [9.17, 15) is 34.4 Å². The van der Waals surface area contributed by atoms with Crippen LogP contribution in [0.3, 0.4) is 0 Å². The van der Waals surface area contributed by atoms with E-state index in [4.69, 9.17) is 4.74 Å². The summed E-state index contributed by atoms with van der Waals surface area (Å²) in [6, 6.07) is 10.5. The summed E-state index contributed by atoms with van der Waals surface area (Å²) in [6.45, 7) is 4.91. The number of fused-ring (bicyclic) bond motifs is 5. The lowest BCUT2D eigenvalue weighted by Crippen LogP contribution is -2.63. The van der Waals surface area contributed by atoms with Gasteiger partial charge in [0.25, 0.3) is 11.2 Å². The smallest absolute Gasteiger partial charge is 0.356 e. The van der Waals surface area contributed by atoms with Gasteiger partial charge in [0.05, 0.1) is 28.7 Å². The third kappa shape index (κ3) is 5.14. The summed E-state index contributed by atoms with van der Waals surface area (Å²) in [5.74, 6) is -1.81. The largest absolute Gasteiger partial charge is 0.456 e. The Hall–Kier alpha value is -3.97. The molecule has 5 heterocycles. The standard InChI is InChI=1S/C30H32N4O8S/c1-16-26-25(17(2)35)29(38)33(26)27(30(39)42-14-18-6-8-21(9-7-18)34(40)41)28(16)43-15-24(37)31-11-19-10-20(13-31)22-4-3-5-23(36)32(22)12-19/h3-9,16-17,19-20,25-26,35H,10-15H2,1-2H3/t16-,17-,19?,20?,25-,26-/m1/s1. The molecule has 2 aromatic rings. The fourth-order valence-corrected chi connectivity index (χ4v) is 8.15. The number of aliphatic hydroxyl groups is 1. The molecule has 2 amide bonds. The second-order valence-corrected chi connectivity index (χ2v) is 12.8. The van der Waals surface area contributed by atoms with Gasteiger partial charge in [0.15, 0.2) is 0 Å². The summed E-state index contributed by atoms with van der Waals surface area (Å²) < 4.78 is 7.36. The van der Waals surface area contributed by atoms with E-state index in [0.29, 0.717) is 30.1 Å². The van der Waals surface area contributed by atoms with Crippen LogP contribution in [0.1, 0.15) is 37.4 Å². The number of esters is 1. The Morgan fingerprint density at radius 3 is 2.58 bits per heavy atom. The first-order valence-corrected chi connectivity index (χ1v) is 15.3. The molecule has 0 aliphatic carbocycles. The van der Waals surface area contributed by atoms with Crippen molar-refractivity contribution in [2.75, 3.05) is 18.8 Å². The molecule has 2 fully saturated rings. The zero-order chi connectivity index (χ0) is 30.6. The third-order valence-corrected chi connectivity index (χ3v) is 10.3. The number of hydrogen-bond acceptors (Lipinski definition) is 9. The van der Waals surface area contributed by atoms with E-state index in [1.807, 2.05) is 22.5 Å². The number of aromatic nitrogens is 1. The van der Waals surface area contributed by atoms with Crippen molar-refractivity contribution in [1.29, 1.82) is 0 Å². The van der Waals surface area contributed by atoms with Crippen LogP contribution in [0.25, 0.3) is 0 Å². The van der Waals surface area contributed by atoms with Crippen molar-refractivity contribution in [2.45, 2.75) is 51.5 Å². The lowest BCUT2D eigenvalue weighted by Gasteiger charge is -2.46. The second kappa shape index (κ2) is 11.3. The van der Waals surface area contributed by atoms with Crippen molar-refractivity contribution in [2.24, 2.45) is 17.8 Å². The Morgan fingerprint density at radius 2 is 1.88 bits per heavy atom. The topological polar surface area (TPSA) is 152 Å². The predicted octanol–water partition coefficient (Wildman–Crippen LogP) is 2.25. The van der Waals surface area contributed by atoms with Gasteiger partial charge in [-0.15, -0.1) is 11.8 Å². The number of likely N-dealkylation sites (tertiary alicyclic amines) is 1. The van der Waals surface area contributed by atoms with Crippen molar-refractivity contribution in [3.8, 4) is 0 Å². The number of nitro groups is 1. The van der Waals surface area contributed by atoms with Crippen LogP contribution in [0.4, 0.5) is 5.69 Å². The number of ether oxygens (including phenoxy) is 1. The number of carbonyl (C=O) groups excluding carboxylic acids is 3. The summed E-state index contributed by atoms with van der Waals surface area (Å²) in [6.07, 6.45) is 0.0231. The average molecular weight is 609 g/mol. The average Bonchev–Trinajstić information content (AvgIpc) is 3.22. The zero-order valence-electron chi connectivity index (χ0n) is 23.8. The van der Waals surface area contributed by atoms with E-state index >= 15 is 0 Å². The number of nitro benzene ring substituents is 1. The normalized spacial score (nSPS) is 26.4. The fourth-order valence-electron chi connectivity index (χ4n) is 6.97. The van der Waals surface area contributed by atoms with Crippen LogP contribution in [0, 0.1) is 27.9 Å². The van der Waals surface area contributed by atoms with Gasteiger partial charge in [-0.1, -0.05) is 13.0 Å². The molecule has 0 radical (unpaired) electrons. The number of pyridine rings is 1. The van der Waals surface area contributed by atoms with Crippen LogP contribution in [0.2, 0.25) is 0 Å². The van der Waals surface area contributed by atoms with E-state index in [1.54, 1.807) is 19.1 Å².